The van der Waals surface area contributed by atoms with E-state index in [-0.39, 0.29) is 25.2 Å². The minimum absolute atomic E-state index is 0.0229. The smallest absolute Gasteiger partial charge is 0.260 e. The Kier molecular flexibility index (Phi) is 4.92. The molecular weight excluding hydrogens is 276 g/mol. The van der Waals surface area contributed by atoms with Gasteiger partial charge in [0, 0.05) is 18.2 Å². The maximum atomic E-state index is 12.0. The first-order valence-corrected chi connectivity index (χ1v) is 6.95. The number of carbonyl (C=O) groups excluding carboxylic acids is 1. The van der Waals surface area contributed by atoms with Gasteiger partial charge in [-0.3, -0.25) is 4.79 Å². The van der Waals surface area contributed by atoms with Gasteiger partial charge in [-0.1, -0.05) is 12.2 Å². The van der Waals surface area contributed by atoms with E-state index < -0.39 is 0 Å². The average molecular weight is 294 g/mol. The van der Waals surface area contributed by atoms with Gasteiger partial charge in [-0.2, -0.15) is 0 Å². The van der Waals surface area contributed by atoms with Crippen molar-refractivity contribution in [2.75, 3.05) is 19.8 Å². The Bertz CT molecular complexity index is 486. The highest BCUT2D eigenvalue weighted by Gasteiger charge is 2.32. The maximum absolute atomic E-state index is 12.0. The van der Waals surface area contributed by atoms with Gasteiger partial charge in [0.15, 0.2) is 6.61 Å². The Balaban J connectivity index is 1.87. The Morgan fingerprint density at radius 1 is 1.40 bits per heavy atom. The van der Waals surface area contributed by atoms with Crippen molar-refractivity contribution in [1.29, 1.82) is 0 Å². The quantitative estimate of drug-likeness (QED) is 0.723. The van der Waals surface area contributed by atoms with E-state index in [0.717, 1.165) is 18.4 Å². The minimum atomic E-state index is -0.0972. The Morgan fingerprint density at radius 2 is 2.05 bits per heavy atom. The first-order chi connectivity index (χ1) is 9.61. The Labute approximate surface area is 123 Å². The summed E-state index contributed by atoms with van der Waals surface area (Å²) in [5.41, 5.74) is 6.27. The number of nitrogens with two attached hydrogens (primary N) is 1. The summed E-state index contributed by atoms with van der Waals surface area (Å²) in [6, 6.07) is 7.25. The molecule has 0 bridgehead atoms. The largest absolute Gasteiger partial charge is 0.484 e. The molecule has 0 radical (unpaired) electrons. The zero-order valence-corrected chi connectivity index (χ0v) is 11.9. The number of aliphatic hydroxyl groups excluding tert-OH is 1. The van der Waals surface area contributed by atoms with E-state index in [4.69, 9.17) is 27.8 Å². The van der Waals surface area contributed by atoms with Crippen LogP contribution in [0.3, 0.4) is 0 Å². The third kappa shape index (κ3) is 3.91. The number of nitrogens with zero attached hydrogens (tertiary/aromatic N) is 1. The van der Waals surface area contributed by atoms with E-state index in [1.54, 1.807) is 29.2 Å². The zero-order valence-electron chi connectivity index (χ0n) is 11.1. The van der Waals surface area contributed by atoms with E-state index in [0.29, 0.717) is 17.3 Å². The molecule has 108 valence electrons. The van der Waals surface area contributed by atoms with Gasteiger partial charge in [0.05, 0.1) is 6.61 Å². The molecule has 0 spiro atoms. The van der Waals surface area contributed by atoms with Crippen molar-refractivity contribution in [3.05, 3.63) is 29.8 Å². The molecule has 0 saturated heterocycles. The lowest BCUT2D eigenvalue weighted by atomic mass is 10.2. The van der Waals surface area contributed by atoms with Gasteiger partial charge < -0.3 is 20.5 Å². The summed E-state index contributed by atoms with van der Waals surface area (Å²) in [7, 11) is 0. The van der Waals surface area contributed by atoms with Gasteiger partial charge in [-0.05, 0) is 37.1 Å². The average Bonchev–Trinajstić information content (AvgIpc) is 3.27. The van der Waals surface area contributed by atoms with Gasteiger partial charge in [-0.15, -0.1) is 0 Å². The van der Waals surface area contributed by atoms with Crippen molar-refractivity contribution in [2.24, 2.45) is 5.73 Å². The maximum Gasteiger partial charge on any atom is 0.260 e. The summed E-state index contributed by atoms with van der Waals surface area (Å²) in [4.78, 5) is 14.0. The molecule has 1 aliphatic rings. The third-order valence-corrected chi connectivity index (χ3v) is 3.39. The lowest BCUT2D eigenvalue weighted by molar-refractivity contribution is -0.134. The Hall–Kier alpha value is -1.66. The first kappa shape index (κ1) is 14.7. The van der Waals surface area contributed by atoms with Crippen LogP contribution in [-0.2, 0) is 4.79 Å². The molecule has 0 heterocycles. The van der Waals surface area contributed by atoms with Crippen LogP contribution in [0, 0.1) is 0 Å². The molecule has 1 aromatic rings. The van der Waals surface area contributed by atoms with Crippen LogP contribution in [-0.4, -0.2) is 46.7 Å². The van der Waals surface area contributed by atoms with E-state index in [1.165, 1.54) is 0 Å². The van der Waals surface area contributed by atoms with Crippen LogP contribution in [0.1, 0.15) is 18.4 Å². The van der Waals surface area contributed by atoms with Gasteiger partial charge in [0.25, 0.3) is 5.91 Å². The number of benzene rings is 1. The monoisotopic (exact) mass is 294 g/mol. The molecule has 0 unspecified atom stereocenters. The molecule has 2 rings (SSSR count). The molecule has 1 saturated carbocycles. The molecule has 1 fully saturated rings. The predicted octanol–water partition coefficient (Wildman–Crippen LogP) is 0.683. The SMILES string of the molecule is NC(=S)c1ccc(OCC(=O)N(CCO)C2CC2)cc1. The molecule has 0 aromatic heterocycles. The number of amides is 1. The first-order valence-electron chi connectivity index (χ1n) is 6.55. The van der Waals surface area contributed by atoms with Gasteiger partial charge in [-0.25, -0.2) is 0 Å². The lowest BCUT2D eigenvalue weighted by Crippen LogP contribution is -2.38. The minimum Gasteiger partial charge on any atom is -0.484 e. The summed E-state index contributed by atoms with van der Waals surface area (Å²) in [6.07, 6.45) is 2.02. The van der Waals surface area contributed by atoms with Crippen LogP contribution >= 0.6 is 12.2 Å². The van der Waals surface area contributed by atoms with Crippen LogP contribution < -0.4 is 10.5 Å². The van der Waals surface area contributed by atoms with Crippen molar-refractivity contribution >= 4 is 23.1 Å². The standard InChI is InChI=1S/C14H18N2O3S/c15-14(20)10-1-5-12(6-2-10)19-9-13(18)16(7-8-17)11-3-4-11/h1-2,5-6,11,17H,3-4,7-9H2,(H2,15,20). The summed E-state index contributed by atoms with van der Waals surface area (Å²) in [5.74, 6) is 0.498. The molecule has 0 aliphatic heterocycles. The molecular formula is C14H18N2O3S. The van der Waals surface area contributed by atoms with Crippen molar-refractivity contribution in [2.45, 2.75) is 18.9 Å². The highest BCUT2D eigenvalue weighted by molar-refractivity contribution is 7.80. The number of hydrogen-bond acceptors (Lipinski definition) is 4. The summed E-state index contributed by atoms with van der Waals surface area (Å²) in [6.45, 7) is 0.320. The molecule has 3 N–H and O–H groups in total. The molecule has 1 aromatic carbocycles. The van der Waals surface area contributed by atoms with Gasteiger partial charge in [0.2, 0.25) is 0 Å². The molecule has 1 amide bonds. The second-order valence-corrected chi connectivity index (χ2v) is 5.16. The van der Waals surface area contributed by atoms with E-state index >= 15 is 0 Å². The van der Waals surface area contributed by atoms with Gasteiger partial charge >= 0.3 is 0 Å². The fourth-order valence-corrected chi connectivity index (χ4v) is 2.08. The van der Waals surface area contributed by atoms with Crippen LogP contribution in [0.2, 0.25) is 0 Å². The third-order valence-electron chi connectivity index (χ3n) is 3.15. The number of ether oxygens (including phenoxy) is 1. The second kappa shape index (κ2) is 6.67. The van der Waals surface area contributed by atoms with Crippen LogP contribution in [0.5, 0.6) is 5.75 Å². The molecule has 1 aliphatic carbocycles. The molecule has 20 heavy (non-hydrogen) atoms. The highest BCUT2D eigenvalue weighted by atomic mass is 32.1. The van der Waals surface area contributed by atoms with Crippen molar-refractivity contribution < 1.29 is 14.6 Å². The second-order valence-electron chi connectivity index (χ2n) is 4.72. The fourth-order valence-electron chi connectivity index (χ4n) is 1.95. The number of thiocarbonyl (C=S) groups is 1. The number of hydrogen-bond donors (Lipinski definition) is 2. The number of aliphatic hydroxyl groups is 1. The van der Waals surface area contributed by atoms with E-state index in [2.05, 4.69) is 0 Å². The highest BCUT2D eigenvalue weighted by Crippen LogP contribution is 2.26. The van der Waals surface area contributed by atoms with Crippen LogP contribution in [0.4, 0.5) is 0 Å². The summed E-state index contributed by atoms with van der Waals surface area (Å²) in [5, 5.41) is 8.97. The summed E-state index contributed by atoms with van der Waals surface area (Å²) < 4.78 is 5.45. The molecule has 5 nitrogen and oxygen atoms in total. The van der Waals surface area contributed by atoms with Crippen molar-refractivity contribution in [1.82, 2.24) is 4.90 Å². The van der Waals surface area contributed by atoms with E-state index in [1.807, 2.05) is 0 Å². The predicted molar refractivity (Wildman–Crippen MR) is 79.6 cm³/mol. The fraction of sp³-hybridized carbons (Fsp3) is 0.429. The van der Waals surface area contributed by atoms with Crippen LogP contribution in [0.15, 0.2) is 24.3 Å². The van der Waals surface area contributed by atoms with Crippen LogP contribution in [0.25, 0.3) is 0 Å². The van der Waals surface area contributed by atoms with Crippen molar-refractivity contribution in [3.63, 3.8) is 0 Å². The topological polar surface area (TPSA) is 75.8 Å². The van der Waals surface area contributed by atoms with Crippen molar-refractivity contribution in [3.8, 4) is 5.75 Å². The normalized spacial score (nSPS) is 13.8. The van der Waals surface area contributed by atoms with E-state index in [9.17, 15) is 4.79 Å². The lowest BCUT2D eigenvalue weighted by Gasteiger charge is -2.21. The summed E-state index contributed by atoms with van der Waals surface area (Å²) >= 11 is 4.86. The zero-order chi connectivity index (χ0) is 14.5. The molecule has 6 heteroatoms. The number of rotatable bonds is 7. The number of carbonyl (C=O) groups is 1. The van der Waals surface area contributed by atoms with Gasteiger partial charge in [0.1, 0.15) is 10.7 Å². The Morgan fingerprint density at radius 3 is 2.55 bits per heavy atom. The molecule has 0 atom stereocenters.